The first-order valence-corrected chi connectivity index (χ1v) is 6.65. The molecule has 1 aromatic carbocycles. The van der Waals surface area contributed by atoms with Crippen LogP contribution in [-0.2, 0) is 4.74 Å². The number of hydrogen-bond acceptors (Lipinski definition) is 4. The Balaban J connectivity index is 2.27. The van der Waals surface area contributed by atoms with Crippen molar-refractivity contribution in [2.24, 2.45) is 0 Å². The van der Waals surface area contributed by atoms with Gasteiger partial charge in [0.1, 0.15) is 5.82 Å². The molecule has 1 aliphatic rings. The fourth-order valence-corrected chi connectivity index (χ4v) is 2.51. The molecular weight excluding hydrogens is 279 g/mol. The molecule has 1 heterocycles. The molecule has 2 rings (SSSR count). The lowest BCUT2D eigenvalue weighted by atomic mass is 9.94. The lowest BCUT2D eigenvalue weighted by Crippen LogP contribution is -2.49. The SMILES string of the molecule is COC1(C)CCCN(C(=O)c2cc([N+](=O)[O-])ccc2F)C1. The quantitative estimate of drug-likeness (QED) is 0.634. The number of carbonyl (C=O) groups is 1. The Morgan fingerprint density at radius 1 is 1.52 bits per heavy atom. The topological polar surface area (TPSA) is 72.7 Å². The summed E-state index contributed by atoms with van der Waals surface area (Å²) in [6, 6.07) is 2.98. The summed E-state index contributed by atoms with van der Waals surface area (Å²) in [7, 11) is 1.57. The Bertz CT molecular complexity index is 578. The molecule has 1 amide bonds. The largest absolute Gasteiger partial charge is 0.377 e. The lowest BCUT2D eigenvalue weighted by Gasteiger charge is -2.39. The maximum atomic E-state index is 13.8. The van der Waals surface area contributed by atoms with Crippen LogP contribution in [0.1, 0.15) is 30.1 Å². The number of nitro benzene ring substituents is 1. The maximum absolute atomic E-state index is 13.8. The zero-order chi connectivity index (χ0) is 15.6. The van der Waals surface area contributed by atoms with Gasteiger partial charge in [-0.2, -0.15) is 0 Å². The molecule has 0 radical (unpaired) electrons. The summed E-state index contributed by atoms with van der Waals surface area (Å²) >= 11 is 0. The number of carbonyl (C=O) groups excluding carboxylic acids is 1. The second-order valence-corrected chi connectivity index (χ2v) is 5.41. The summed E-state index contributed by atoms with van der Waals surface area (Å²) in [5, 5.41) is 10.8. The van der Waals surface area contributed by atoms with E-state index in [1.807, 2.05) is 6.92 Å². The molecule has 0 N–H and O–H groups in total. The van der Waals surface area contributed by atoms with Crippen LogP contribution in [0.25, 0.3) is 0 Å². The van der Waals surface area contributed by atoms with Gasteiger partial charge in [0.15, 0.2) is 0 Å². The molecule has 1 saturated heterocycles. The third-order valence-corrected chi connectivity index (χ3v) is 3.83. The van der Waals surface area contributed by atoms with Gasteiger partial charge in [-0.1, -0.05) is 0 Å². The van der Waals surface area contributed by atoms with Crippen LogP contribution < -0.4 is 0 Å². The van der Waals surface area contributed by atoms with Crippen LogP contribution in [-0.4, -0.2) is 41.5 Å². The first-order valence-electron chi connectivity index (χ1n) is 6.65. The zero-order valence-electron chi connectivity index (χ0n) is 12.0. The van der Waals surface area contributed by atoms with E-state index in [9.17, 15) is 19.3 Å². The fraction of sp³-hybridized carbons (Fsp3) is 0.500. The van der Waals surface area contributed by atoms with Crippen molar-refractivity contribution in [3.63, 3.8) is 0 Å². The average molecular weight is 296 g/mol. The molecule has 1 unspecified atom stereocenters. The van der Waals surface area contributed by atoms with E-state index < -0.39 is 22.2 Å². The Morgan fingerprint density at radius 3 is 2.86 bits per heavy atom. The Hall–Kier alpha value is -2.02. The van der Waals surface area contributed by atoms with Crippen LogP contribution in [0.15, 0.2) is 18.2 Å². The van der Waals surface area contributed by atoms with Gasteiger partial charge in [-0.25, -0.2) is 4.39 Å². The highest BCUT2D eigenvalue weighted by Crippen LogP contribution is 2.26. The third-order valence-electron chi connectivity index (χ3n) is 3.83. The number of amides is 1. The van der Waals surface area contributed by atoms with Gasteiger partial charge < -0.3 is 9.64 Å². The molecule has 1 aromatic rings. The van der Waals surface area contributed by atoms with Crippen LogP contribution >= 0.6 is 0 Å². The van der Waals surface area contributed by atoms with Gasteiger partial charge in [0.2, 0.25) is 0 Å². The Morgan fingerprint density at radius 2 is 2.24 bits per heavy atom. The zero-order valence-corrected chi connectivity index (χ0v) is 12.0. The van der Waals surface area contributed by atoms with Crippen LogP contribution in [0.4, 0.5) is 10.1 Å². The first-order chi connectivity index (χ1) is 9.86. The van der Waals surface area contributed by atoms with Crippen molar-refractivity contribution < 1.29 is 18.8 Å². The predicted octanol–water partition coefficient (Wildman–Crippen LogP) is 2.38. The number of non-ortho nitro benzene ring substituents is 1. The molecular formula is C14H17FN2O4. The van der Waals surface area contributed by atoms with E-state index in [1.165, 1.54) is 4.90 Å². The van der Waals surface area contributed by atoms with Gasteiger partial charge in [-0.3, -0.25) is 14.9 Å². The Labute approximate surface area is 121 Å². The summed E-state index contributed by atoms with van der Waals surface area (Å²) < 4.78 is 19.2. The van der Waals surface area contributed by atoms with E-state index >= 15 is 0 Å². The summed E-state index contributed by atoms with van der Waals surface area (Å²) in [5.41, 5.74) is -1.04. The molecule has 0 bridgehead atoms. The second-order valence-electron chi connectivity index (χ2n) is 5.41. The Kier molecular flexibility index (Phi) is 4.22. The molecule has 1 aliphatic heterocycles. The number of likely N-dealkylation sites (tertiary alicyclic amines) is 1. The van der Waals surface area contributed by atoms with Gasteiger partial charge in [0.25, 0.3) is 11.6 Å². The molecule has 0 spiro atoms. The highest BCUT2D eigenvalue weighted by molar-refractivity contribution is 5.95. The lowest BCUT2D eigenvalue weighted by molar-refractivity contribution is -0.384. The minimum atomic E-state index is -0.754. The highest BCUT2D eigenvalue weighted by atomic mass is 19.1. The fourth-order valence-electron chi connectivity index (χ4n) is 2.51. The molecule has 0 aliphatic carbocycles. The van der Waals surface area contributed by atoms with E-state index in [1.54, 1.807) is 7.11 Å². The smallest absolute Gasteiger partial charge is 0.270 e. The normalized spacial score (nSPS) is 22.1. The van der Waals surface area contributed by atoms with Crippen molar-refractivity contribution >= 4 is 11.6 Å². The first kappa shape index (κ1) is 15.4. The number of halogens is 1. The van der Waals surface area contributed by atoms with Crippen LogP contribution in [0, 0.1) is 15.9 Å². The number of rotatable bonds is 3. The number of piperidine rings is 1. The van der Waals surface area contributed by atoms with Gasteiger partial charge in [-0.05, 0) is 25.8 Å². The van der Waals surface area contributed by atoms with E-state index in [-0.39, 0.29) is 11.3 Å². The molecule has 114 valence electrons. The summed E-state index contributed by atoms with van der Waals surface area (Å²) in [4.78, 5) is 24.0. The minimum Gasteiger partial charge on any atom is -0.377 e. The van der Waals surface area contributed by atoms with Gasteiger partial charge in [-0.15, -0.1) is 0 Å². The molecule has 0 aromatic heterocycles. The van der Waals surface area contributed by atoms with Crippen molar-refractivity contribution in [1.82, 2.24) is 4.90 Å². The van der Waals surface area contributed by atoms with Crippen molar-refractivity contribution in [2.75, 3.05) is 20.2 Å². The van der Waals surface area contributed by atoms with Gasteiger partial charge in [0, 0.05) is 32.3 Å². The van der Waals surface area contributed by atoms with Crippen molar-refractivity contribution in [2.45, 2.75) is 25.4 Å². The predicted molar refractivity (Wildman–Crippen MR) is 73.6 cm³/mol. The monoisotopic (exact) mass is 296 g/mol. The molecule has 1 atom stereocenters. The number of methoxy groups -OCH3 is 1. The third kappa shape index (κ3) is 3.18. The van der Waals surface area contributed by atoms with E-state index in [2.05, 4.69) is 0 Å². The summed E-state index contributed by atoms with van der Waals surface area (Å²) in [6.45, 7) is 2.71. The van der Waals surface area contributed by atoms with Gasteiger partial charge in [0.05, 0.1) is 16.1 Å². The van der Waals surface area contributed by atoms with Crippen molar-refractivity contribution in [1.29, 1.82) is 0 Å². The molecule has 21 heavy (non-hydrogen) atoms. The molecule has 1 fully saturated rings. The van der Waals surface area contributed by atoms with E-state index in [0.717, 1.165) is 31.0 Å². The number of hydrogen-bond donors (Lipinski definition) is 0. The molecule has 6 nitrogen and oxygen atoms in total. The number of benzene rings is 1. The van der Waals surface area contributed by atoms with Crippen LogP contribution in [0.3, 0.4) is 0 Å². The summed E-state index contributed by atoms with van der Waals surface area (Å²) in [5.74, 6) is -1.30. The molecule has 0 saturated carbocycles. The maximum Gasteiger partial charge on any atom is 0.270 e. The number of nitrogens with zero attached hydrogens (tertiary/aromatic N) is 2. The number of ether oxygens (including phenoxy) is 1. The number of nitro groups is 1. The van der Waals surface area contributed by atoms with Crippen molar-refractivity contribution in [3.05, 3.63) is 39.7 Å². The average Bonchev–Trinajstić information content (AvgIpc) is 2.47. The summed E-state index contributed by atoms with van der Waals surface area (Å²) in [6.07, 6.45) is 1.55. The van der Waals surface area contributed by atoms with Crippen molar-refractivity contribution in [3.8, 4) is 0 Å². The highest BCUT2D eigenvalue weighted by Gasteiger charge is 2.34. The van der Waals surface area contributed by atoms with E-state index in [4.69, 9.17) is 4.74 Å². The standard InChI is InChI=1S/C14H17FN2O4/c1-14(21-2)6-3-7-16(9-14)13(18)11-8-10(17(19)20)4-5-12(11)15/h4-5,8H,3,6-7,9H2,1-2H3. The van der Waals surface area contributed by atoms with Gasteiger partial charge >= 0.3 is 0 Å². The van der Waals surface area contributed by atoms with E-state index in [0.29, 0.717) is 13.1 Å². The van der Waals surface area contributed by atoms with Crippen LogP contribution in [0.2, 0.25) is 0 Å². The minimum absolute atomic E-state index is 0.274. The second kappa shape index (κ2) is 5.77. The van der Waals surface area contributed by atoms with Crippen LogP contribution in [0.5, 0.6) is 0 Å². The molecule has 7 heteroatoms.